The molecule has 1 aromatic carbocycles. The van der Waals surface area contributed by atoms with E-state index in [0.717, 1.165) is 21.5 Å². The predicted molar refractivity (Wildman–Crippen MR) is 85.5 cm³/mol. The van der Waals surface area contributed by atoms with Crippen molar-refractivity contribution in [2.75, 3.05) is 5.32 Å². The molecule has 0 saturated heterocycles. The summed E-state index contributed by atoms with van der Waals surface area (Å²) in [5, 5.41) is 7.15. The summed E-state index contributed by atoms with van der Waals surface area (Å²) in [7, 11) is 1.85. The van der Waals surface area contributed by atoms with Gasteiger partial charge in [-0.15, -0.1) is 0 Å². The molecule has 0 saturated carbocycles. The Labute approximate surface area is 132 Å². The molecule has 6 heteroatoms. The summed E-state index contributed by atoms with van der Waals surface area (Å²) in [4.78, 5) is 12.2. The first kappa shape index (κ1) is 15.6. The summed E-state index contributed by atoms with van der Waals surface area (Å²) < 4.78 is 8.34. The fourth-order valence-electron chi connectivity index (χ4n) is 1.95. The zero-order chi connectivity index (χ0) is 15.6. The molecule has 21 heavy (non-hydrogen) atoms. The topological polar surface area (TPSA) is 56.2 Å². The van der Waals surface area contributed by atoms with Crippen molar-refractivity contribution in [2.24, 2.45) is 7.05 Å². The lowest BCUT2D eigenvalue weighted by Crippen LogP contribution is -2.30. The first-order valence-corrected chi connectivity index (χ1v) is 7.41. The molecule has 5 nitrogen and oxygen atoms in total. The number of rotatable bonds is 4. The molecule has 2 aromatic rings. The van der Waals surface area contributed by atoms with Crippen molar-refractivity contribution in [2.45, 2.75) is 26.9 Å². The van der Waals surface area contributed by atoms with E-state index in [1.165, 1.54) is 0 Å². The van der Waals surface area contributed by atoms with Gasteiger partial charge >= 0.3 is 0 Å². The number of carbonyl (C=O) groups is 1. The second-order valence-electron chi connectivity index (χ2n) is 4.87. The molecule has 2 rings (SSSR count). The van der Waals surface area contributed by atoms with Crippen molar-refractivity contribution in [1.82, 2.24) is 9.78 Å². The van der Waals surface area contributed by atoms with Crippen LogP contribution in [0, 0.1) is 13.8 Å². The first-order chi connectivity index (χ1) is 9.88. The van der Waals surface area contributed by atoms with Gasteiger partial charge in [-0.05, 0) is 45.0 Å². The normalized spacial score (nSPS) is 12.0. The molecule has 1 amide bonds. The van der Waals surface area contributed by atoms with Crippen LogP contribution in [0.3, 0.4) is 0 Å². The number of amides is 1. The summed E-state index contributed by atoms with van der Waals surface area (Å²) in [5.74, 6) is 0.456. The number of hydrogen-bond acceptors (Lipinski definition) is 3. The molecule has 1 atom stereocenters. The van der Waals surface area contributed by atoms with E-state index in [1.807, 2.05) is 45.2 Å². The van der Waals surface area contributed by atoms with Crippen LogP contribution in [0.2, 0.25) is 0 Å². The Bertz CT molecular complexity index is 650. The Balaban J connectivity index is 2.04. The lowest BCUT2D eigenvalue weighted by Gasteiger charge is -2.15. The molecular weight excluding hydrogens is 334 g/mol. The van der Waals surface area contributed by atoms with Gasteiger partial charge in [0.1, 0.15) is 5.75 Å². The van der Waals surface area contributed by atoms with Crippen LogP contribution in [0.4, 0.5) is 5.69 Å². The quantitative estimate of drug-likeness (QED) is 0.919. The van der Waals surface area contributed by atoms with Gasteiger partial charge in [0.25, 0.3) is 5.91 Å². The summed E-state index contributed by atoms with van der Waals surface area (Å²) in [6.45, 7) is 5.50. The Morgan fingerprint density at radius 2 is 1.95 bits per heavy atom. The van der Waals surface area contributed by atoms with E-state index in [1.54, 1.807) is 11.6 Å². The second kappa shape index (κ2) is 6.30. The first-order valence-electron chi connectivity index (χ1n) is 6.61. The maximum absolute atomic E-state index is 12.2. The highest BCUT2D eigenvalue weighted by Gasteiger charge is 2.18. The average molecular weight is 352 g/mol. The van der Waals surface area contributed by atoms with Crippen LogP contribution in [-0.2, 0) is 11.8 Å². The van der Waals surface area contributed by atoms with Crippen LogP contribution >= 0.6 is 15.9 Å². The zero-order valence-corrected chi connectivity index (χ0v) is 14.1. The predicted octanol–water partition coefficient (Wildman–Crippen LogP) is 3.21. The third kappa shape index (κ3) is 3.64. The Morgan fingerprint density at radius 3 is 2.48 bits per heavy atom. The largest absolute Gasteiger partial charge is 0.481 e. The summed E-state index contributed by atoms with van der Waals surface area (Å²) >= 11 is 3.36. The van der Waals surface area contributed by atoms with Gasteiger partial charge in [0, 0.05) is 11.5 Å². The van der Waals surface area contributed by atoms with Crippen LogP contribution in [-0.4, -0.2) is 21.8 Å². The standard InChI is InChI=1S/C15H18BrN3O2/c1-9-14(10(2)19(4)18-9)17-15(20)11(3)21-13-7-5-12(16)6-8-13/h5-8,11H,1-4H3,(H,17,20). The number of aryl methyl sites for hydroxylation is 2. The number of nitrogens with zero attached hydrogens (tertiary/aromatic N) is 2. The van der Waals surface area contributed by atoms with Gasteiger partial charge in [-0.25, -0.2) is 0 Å². The number of benzene rings is 1. The number of aromatic nitrogens is 2. The van der Waals surface area contributed by atoms with Crippen LogP contribution in [0.15, 0.2) is 28.7 Å². The molecule has 0 spiro atoms. The van der Waals surface area contributed by atoms with Crippen molar-refractivity contribution in [3.05, 3.63) is 40.1 Å². The van der Waals surface area contributed by atoms with Crippen LogP contribution in [0.25, 0.3) is 0 Å². The molecule has 0 aliphatic carbocycles. The number of ether oxygens (including phenoxy) is 1. The van der Waals surface area contributed by atoms with Crippen LogP contribution in [0.1, 0.15) is 18.3 Å². The Kier molecular flexibility index (Phi) is 4.67. The average Bonchev–Trinajstić information content (AvgIpc) is 2.68. The summed E-state index contributed by atoms with van der Waals surface area (Å²) in [6, 6.07) is 7.37. The molecule has 1 aromatic heterocycles. The number of anilines is 1. The lowest BCUT2D eigenvalue weighted by molar-refractivity contribution is -0.122. The summed E-state index contributed by atoms with van der Waals surface area (Å²) in [5.41, 5.74) is 2.45. The molecular formula is C15H18BrN3O2. The van der Waals surface area contributed by atoms with Crippen LogP contribution in [0.5, 0.6) is 5.75 Å². The molecule has 1 heterocycles. The SMILES string of the molecule is Cc1nn(C)c(C)c1NC(=O)C(C)Oc1ccc(Br)cc1. The minimum Gasteiger partial charge on any atom is -0.481 e. The van der Waals surface area contributed by atoms with Crippen LogP contribution < -0.4 is 10.1 Å². The molecule has 1 unspecified atom stereocenters. The second-order valence-corrected chi connectivity index (χ2v) is 5.79. The maximum Gasteiger partial charge on any atom is 0.265 e. The van der Waals surface area contributed by atoms with E-state index in [2.05, 4.69) is 26.3 Å². The number of hydrogen-bond donors (Lipinski definition) is 1. The van der Waals surface area contributed by atoms with E-state index in [-0.39, 0.29) is 5.91 Å². The van der Waals surface area contributed by atoms with Gasteiger partial charge in [0.15, 0.2) is 6.10 Å². The highest BCUT2D eigenvalue weighted by atomic mass is 79.9. The van der Waals surface area contributed by atoms with Crippen molar-refractivity contribution < 1.29 is 9.53 Å². The van der Waals surface area contributed by atoms with E-state index in [0.29, 0.717) is 5.75 Å². The molecule has 1 N–H and O–H groups in total. The number of carbonyl (C=O) groups excluding carboxylic acids is 1. The van der Waals surface area contributed by atoms with Gasteiger partial charge in [-0.2, -0.15) is 5.10 Å². The van der Waals surface area contributed by atoms with E-state index >= 15 is 0 Å². The van der Waals surface area contributed by atoms with Crippen molar-refractivity contribution in [3.8, 4) is 5.75 Å². The Morgan fingerprint density at radius 1 is 1.33 bits per heavy atom. The minimum atomic E-state index is -0.592. The van der Waals surface area contributed by atoms with Crippen molar-refractivity contribution in [3.63, 3.8) is 0 Å². The molecule has 0 radical (unpaired) electrons. The van der Waals surface area contributed by atoms with E-state index < -0.39 is 6.10 Å². The number of halogens is 1. The van der Waals surface area contributed by atoms with Crippen molar-refractivity contribution >= 4 is 27.5 Å². The fourth-order valence-corrected chi connectivity index (χ4v) is 2.21. The van der Waals surface area contributed by atoms with Gasteiger partial charge in [0.05, 0.1) is 17.1 Å². The van der Waals surface area contributed by atoms with Gasteiger partial charge < -0.3 is 10.1 Å². The Hall–Kier alpha value is -1.82. The summed E-state index contributed by atoms with van der Waals surface area (Å²) in [6.07, 6.45) is -0.592. The van der Waals surface area contributed by atoms with E-state index in [9.17, 15) is 4.79 Å². The minimum absolute atomic E-state index is 0.197. The zero-order valence-electron chi connectivity index (χ0n) is 12.5. The van der Waals surface area contributed by atoms with Gasteiger partial charge in [-0.1, -0.05) is 15.9 Å². The maximum atomic E-state index is 12.2. The highest BCUT2D eigenvalue weighted by Crippen LogP contribution is 2.20. The third-order valence-electron chi connectivity index (χ3n) is 3.25. The smallest absolute Gasteiger partial charge is 0.265 e. The molecule has 112 valence electrons. The van der Waals surface area contributed by atoms with Gasteiger partial charge in [0.2, 0.25) is 0 Å². The highest BCUT2D eigenvalue weighted by molar-refractivity contribution is 9.10. The number of nitrogens with one attached hydrogen (secondary N) is 1. The van der Waals surface area contributed by atoms with Crippen molar-refractivity contribution in [1.29, 1.82) is 0 Å². The van der Waals surface area contributed by atoms with Gasteiger partial charge in [-0.3, -0.25) is 9.48 Å². The third-order valence-corrected chi connectivity index (χ3v) is 3.78. The fraction of sp³-hybridized carbons (Fsp3) is 0.333. The molecule has 0 bridgehead atoms. The lowest BCUT2D eigenvalue weighted by atomic mass is 10.3. The van der Waals surface area contributed by atoms with E-state index in [4.69, 9.17) is 4.74 Å². The monoisotopic (exact) mass is 351 g/mol. The molecule has 0 fully saturated rings. The molecule has 0 aliphatic heterocycles. The molecule has 0 aliphatic rings.